The van der Waals surface area contributed by atoms with E-state index in [-0.39, 0.29) is 25.9 Å². The van der Waals surface area contributed by atoms with Crippen LogP contribution in [0.3, 0.4) is 0 Å². The molecule has 1 aliphatic heterocycles. The first-order valence-corrected chi connectivity index (χ1v) is 13.9. The van der Waals surface area contributed by atoms with Crippen molar-refractivity contribution in [2.24, 2.45) is 16.7 Å². The lowest BCUT2D eigenvalue weighted by molar-refractivity contribution is -0.221. The molecule has 4 rings (SSSR count). The second-order valence-electron chi connectivity index (χ2n) is 12.6. The van der Waals surface area contributed by atoms with Gasteiger partial charge in [-0.15, -0.1) is 0 Å². The van der Waals surface area contributed by atoms with Gasteiger partial charge in [0.25, 0.3) is 0 Å². The van der Waals surface area contributed by atoms with E-state index in [0.29, 0.717) is 17.6 Å². The van der Waals surface area contributed by atoms with Gasteiger partial charge in [-0.3, -0.25) is 19.2 Å². The summed E-state index contributed by atoms with van der Waals surface area (Å²) >= 11 is 0. The van der Waals surface area contributed by atoms with E-state index in [1.807, 2.05) is 6.92 Å². The SMILES string of the molecule is CC(=O)O[C@H]1C[C@@]2(C(C)(C)O)C[C@H]3[C@@](C)(CC[C@H](OC(C)=O)[C@@]34COC(=O)O4)[C@@H](OC(C)=O)[C@H](OC(C)=O)C2=C1C. The van der Waals surface area contributed by atoms with E-state index >= 15 is 0 Å². The largest absolute Gasteiger partial charge is 0.509 e. The van der Waals surface area contributed by atoms with Crippen molar-refractivity contribution in [1.82, 2.24) is 0 Å². The van der Waals surface area contributed by atoms with E-state index in [1.165, 1.54) is 27.7 Å². The molecule has 0 amide bonds. The Bertz CT molecular complexity index is 1180. The first-order valence-electron chi connectivity index (χ1n) is 13.9. The third kappa shape index (κ3) is 4.97. The first-order chi connectivity index (χ1) is 18.9. The lowest BCUT2D eigenvalue weighted by Gasteiger charge is -2.55. The van der Waals surface area contributed by atoms with Crippen LogP contribution in [0.5, 0.6) is 0 Å². The maximum absolute atomic E-state index is 12.6. The number of hydrogen-bond acceptors (Lipinski definition) is 12. The Morgan fingerprint density at radius 3 is 2.00 bits per heavy atom. The highest BCUT2D eigenvalue weighted by Gasteiger charge is 2.73. The van der Waals surface area contributed by atoms with Crippen molar-refractivity contribution >= 4 is 30.0 Å². The average molecular weight is 581 g/mol. The molecule has 3 fully saturated rings. The zero-order valence-corrected chi connectivity index (χ0v) is 24.9. The van der Waals surface area contributed by atoms with Crippen molar-refractivity contribution in [3.05, 3.63) is 11.1 Å². The number of ether oxygens (including phenoxy) is 6. The molecule has 0 aromatic carbocycles. The first kappa shape index (κ1) is 30.8. The molecule has 41 heavy (non-hydrogen) atoms. The second-order valence-corrected chi connectivity index (χ2v) is 12.6. The molecule has 1 spiro atoms. The van der Waals surface area contributed by atoms with Gasteiger partial charge < -0.3 is 33.5 Å². The van der Waals surface area contributed by atoms with Crippen LogP contribution in [-0.2, 0) is 47.6 Å². The van der Waals surface area contributed by atoms with E-state index in [1.54, 1.807) is 20.8 Å². The number of carbonyl (C=O) groups is 5. The number of cyclic esters (lactones) is 1. The Balaban J connectivity index is 2.06. The maximum Gasteiger partial charge on any atom is 0.509 e. The Labute approximate surface area is 239 Å². The van der Waals surface area contributed by atoms with E-state index in [2.05, 4.69) is 0 Å². The monoisotopic (exact) mass is 580 g/mol. The van der Waals surface area contributed by atoms with Crippen LogP contribution < -0.4 is 0 Å². The minimum absolute atomic E-state index is 0.112. The van der Waals surface area contributed by atoms with Crippen LogP contribution in [0.25, 0.3) is 0 Å². The van der Waals surface area contributed by atoms with Crippen molar-refractivity contribution in [2.75, 3.05) is 6.61 Å². The van der Waals surface area contributed by atoms with E-state index in [9.17, 15) is 29.1 Å². The summed E-state index contributed by atoms with van der Waals surface area (Å²) < 4.78 is 34.6. The summed E-state index contributed by atoms with van der Waals surface area (Å²) in [5.74, 6) is -3.13. The number of esters is 4. The van der Waals surface area contributed by atoms with Gasteiger partial charge in [-0.25, -0.2) is 4.79 Å². The zero-order chi connectivity index (χ0) is 30.7. The summed E-state index contributed by atoms with van der Waals surface area (Å²) in [5.41, 5.74) is -4.21. The van der Waals surface area contributed by atoms with Gasteiger partial charge in [0.05, 0.1) is 5.60 Å². The van der Waals surface area contributed by atoms with E-state index in [4.69, 9.17) is 28.4 Å². The van der Waals surface area contributed by atoms with Crippen LogP contribution in [0.2, 0.25) is 0 Å². The molecule has 8 atom stereocenters. The summed E-state index contributed by atoms with van der Waals surface area (Å²) in [6.45, 7) is 11.6. The highest BCUT2D eigenvalue weighted by molar-refractivity contribution is 5.70. The third-order valence-electron chi connectivity index (χ3n) is 9.66. The van der Waals surface area contributed by atoms with Gasteiger partial charge in [-0.05, 0) is 51.2 Å². The van der Waals surface area contributed by atoms with E-state index < -0.39 is 82.4 Å². The Morgan fingerprint density at radius 1 is 0.927 bits per heavy atom. The van der Waals surface area contributed by atoms with Gasteiger partial charge in [-0.2, -0.15) is 0 Å². The van der Waals surface area contributed by atoms with Crippen LogP contribution in [0.15, 0.2) is 11.1 Å². The lowest BCUT2D eigenvalue weighted by atomic mass is 9.53. The predicted molar refractivity (Wildman–Crippen MR) is 139 cm³/mol. The molecule has 0 radical (unpaired) electrons. The zero-order valence-electron chi connectivity index (χ0n) is 24.9. The molecular weight excluding hydrogens is 540 g/mol. The molecule has 228 valence electrons. The molecule has 12 nitrogen and oxygen atoms in total. The van der Waals surface area contributed by atoms with Crippen molar-refractivity contribution < 1.29 is 57.5 Å². The van der Waals surface area contributed by atoms with Gasteiger partial charge in [0.15, 0.2) is 11.7 Å². The fraction of sp³-hybridized carbons (Fsp3) is 0.759. The lowest BCUT2D eigenvalue weighted by Crippen LogP contribution is -2.65. The molecule has 1 saturated heterocycles. The van der Waals surface area contributed by atoms with Crippen molar-refractivity contribution in [3.63, 3.8) is 0 Å². The minimum atomic E-state index is -1.51. The Kier molecular flexibility index (Phi) is 7.73. The quantitative estimate of drug-likeness (QED) is 0.288. The van der Waals surface area contributed by atoms with Gasteiger partial charge in [0.2, 0.25) is 0 Å². The molecule has 2 saturated carbocycles. The maximum atomic E-state index is 12.6. The fourth-order valence-electron chi connectivity index (χ4n) is 7.97. The van der Waals surface area contributed by atoms with Gasteiger partial charge in [-0.1, -0.05) is 6.92 Å². The fourth-order valence-corrected chi connectivity index (χ4v) is 7.97. The molecular formula is C29H40O12. The van der Waals surface area contributed by atoms with E-state index in [0.717, 1.165) is 0 Å². The Morgan fingerprint density at radius 2 is 1.51 bits per heavy atom. The summed E-state index contributed by atoms with van der Waals surface area (Å²) in [7, 11) is 0. The van der Waals surface area contributed by atoms with Gasteiger partial charge in [0.1, 0.15) is 24.9 Å². The topological polar surface area (TPSA) is 161 Å². The molecule has 0 aromatic heterocycles. The molecule has 1 heterocycles. The summed E-state index contributed by atoms with van der Waals surface area (Å²) in [6.07, 6.45) is -4.09. The third-order valence-corrected chi connectivity index (χ3v) is 9.66. The summed E-state index contributed by atoms with van der Waals surface area (Å²) in [5, 5.41) is 11.9. The molecule has 3 aliphatic carbocycles. The van der Waals surface area contributed by atoms with Gasteiger partial charge in [0, 0.05) is 50.9 Å². The van der Waals surface area contributed by atoms with Crippen molar-refractivity contribution in [3.8, 4) is 0 Å². The minimum Gasteiger partial charge on any atom is -0.458 e. The second kappa shape index (κ2) is 10.3. The summed E-state index contributed by atoms with van der Waals surface area (Å²) in [4.78, 5) is 62.1. The highest BCUT2D eigenvalue weighted by atomic mass is 16.8. The van der Waals surface area contributed by atoms with Crippen LogP contribution in [0.4, 0.5) is 4.79 Å². The molecule has 4 aliphatic rings. The molecule has 1 N–H and O–H groups in total. The standard InChI is InChI=1S/C29H40O12/c1-14-19(37-15(2)30)11-28(26(6,7)35)12-20-27(8,24(40-18(5)33)23(22(14)28)39-17(4)32)10-9-21(38-16(3)31)29(20)13-36-25(34)41-29/h19-21,23-24,35H,9-13H2,1-8H3/t19-,20-,21-,23+,24-,27+,28+,29+/m0/s1. The van der Waals surface area contributed by atoms with Crippen molar-refractivity contribution in [1.29, 1.82) is 0 Å². The number of hydrogen-bond donors (Lipinski definition) is 1. The predicted octanol–water partition coefficient (Wildman–Crippen LogP) is 2.92. The van der Waals surface area contributed by atoms with Crippen LogP contribution >= 0.6 is 0 Å². The molecule has 0 unspecified atom stereocenters. The normalized spacial score (nSPS) is 38.2. The number of fused-ring (bicyclic) bond motifs is 3. The van der Waals surface area contributed by atoms with Crippen LogP contribution in [-0.4, -0.2) is 77.4 Å². The highest BCUT2D eigenvalue weighted by Crippen LogP contribution is 2.67. The van der Waals surface area contributed by atoms with Crippen molar-refractivity contribution in [2.45, 2.75) is 117 Å². The Hall–Kier alpha value is -3.15. The number of aliphatic hydroxyl groups is 1. The molecule has 0 bridgehead atoms. The van der Waals surface area contributed by atoms with Gasteiger partial charge >= 0.3 is 30.0 Å². The number of rotatable bonds is 5. The van der Waals surface area contributed by atoms with Crippen LogP contribution in [0, 0.1) is 16.7 Å². The van der Waals surface area contributed by atoms with Crippen LogP contribution in [0.1, 0.15) is 81.1 Å². The smallest absolute Gasteiger partial charge is 0.458 e. The summed E-state index contributed by atoms with van der Waals surface area (Å²) in [6, 6.07) is 0. The molecule has 0 aromatic rings. The molecule has 12 heteroatoms. The number of carbonyl (C=O) groups excluding carboxylic acids is 5. The average Bonchev–Trinajstić information content (AvgIpc) is 3.31.